The van der Waals surface area contributed by atoms with Crippen LogP contribution in [-0.4, -0.2) is 65.8 Å². The van der Waals surface area contributed by atoms with Crippen LogP contribution in [0.4, 0.5) is 0 Å². The number of hydrogen-bond acceptors (Lipinski definition) is 5. The van der Waals surface area contributed by atoms with Crippen molar-refractivity contribution in [3.8, 4) is 0 Å². The first-order chi connectivity index (χ1) is 13.1. The van der Waals surface area contributed by atoms with Crippen LogP contribution in [0.3, 0.4) is 0 Å². The Balaban J connectivity index is 1.51. The largest absolute Gasteiger partial charge is 0.341 e. The zero-order valence-corrected chi connectivity index (χ0v) is 15.8. The number of fused-ring (bicyclic) bond motifs is 1. The Morgan fingerprint density at radius 3 is 2.78 bits per heavy atom. The molecule has 1 atom stereocenters. The first-order valence-electron chi connectivity index (χ1n) is 9.30. The number of rotatable bonds is 4. The van der Waals surface area contributed by atoms with E-state index < -0.39 is 0 Å². The summed E-state index contributed by atoms with van der Waals surface area (Å²) in [5, 5.41) is 0. The minimum absolute atomic E-state index is 0.136. The van der Waals surface area contributed by atoms with Gasteiger partial charge in [-0.25, -0.2) is 9.97 Å². The first kappa shape index (κ1) is 17.7. The van der Waals surface area contributed by atoms with Crippen molar-refractivity contribution < 1.29 is 4.79 Å². The maximum Gasteiger partial charge on any atom is 0.219 e. The summed E-state index contributed by atoms with van der Waals surface area (Å²) in [6, 6.07) is 0. The topological polar surface area (TPSA) is 71.6 Å². The van der Waals surface area contributed by atoms with Crippen molar-refractivity contribution in [1.82, 2.24) is 33.7 Å². The Morgan fingerprint density at radius 1 is 1.15 bits per heavy atom. The second-order valence-electron chi connectivity index (χ2n) is 7.30. The van der Waals surface area contributed by atoms with E-state index in [0.717, 1.165) is 56.3 Å². The molecule has 0 spiro atoms. The van der Waals surface area contributed by atoms with Crippen molar-refractivity contribution in [2.45, 2.75) is 19.9 Å². The highest BCUT2D eigenvalue weighted by Gasteiger charge is 2.25. The van der Waals surface area contributed by atoms with Gasteiger partial charge in [-0.1, -0.05) is 0 Å². The molecule has 1 aliphatic rings. The zero-order chi connectivity index (χ0) is 18.8. The summed E-state index contributed by atoms with van der Waals surface area (Å²) in [5.74, 6) is 1.50. The van der Waals surface area contributed by atoms with E-state index in [0.29, 0.717) is 5.92 Å². The van der Waals surface area contributed by atoms with Gasteiger partial charge < -0.3 is 13.9 Å². The van der Waals surface area contributed by atoms with Crippen molar-refractivity contribution in [2.75, 3.05) is 26.2 Å². The molecule has 0 aliphatic carbocycles. The quantitative estimate of drug-likeness (QED) is 0.688. The van der Waals surface area contributed by atoms with Gasteiger partial charge in [-0.3, -0.25) is 14.7 Å². The molecule has 27 heavy (non-hydrogen) atoms. The molecule has 8 nitrogen and oxygen atoms in total. The molecule has 8 heteroatoms. The van der Waals surface area contributed by atoms with E-state index in [4.69, 9.17) is 0 Å². The summed E-state index contributed by atoms with van der Waals surface area (Å²) in [6.45, 7) is 5.73. The molecular formula is C19H25N7O. The third kappa shape index (κ3) is 4.00. The lowest BCUT2D eigenvalue weighted by Gasteiger charge is -2.23. The lowest BCUT2D eigenvalue weighted by atomic mass is 10.0. The maximum atomic E-state index is 12.0. The fraction of sp³-hybridized carbons (Fsp3) is 0.474. The predicted octanol–water partition coefficient (Wildman–Crippen LogP) is 0.986. The van der Waals surface area contributed by atoms with Crippen molar-refractivity contribution >= 4 is 11.6 Å². The normalized spacial score (nSPS) is 18.7. The van der Waals surface area contributed by atoms with Crippen LogP contribution in [0.2, 0.25) is 0 Å². The third-order valence-corrected chi connectivity index (χ3v) is 5.24. The highest BCUT2D eigenvalue weighted by Crippen LogP contribution is 2.17. The Labute approximate surface area is 158 Å². The number of aromatic nitrogens is 5. The summed E-state index contributed by atoms with van der Waals surface area (Å²) in [5.41, 5.74) is 1.87. The number of nitrogens with zero attached hydrogens (tertiary/aromatic N) is 7. The zero-order valence-electron chi connectivity index (χ0n) is 15.8. The van der Waals surface area contributed by atoms with Crippen LogP contribution in [0.25, 0.3) is 5.65 Å². The molecule has 4 rings (SSSR count). The van der Waals surface area contributed by atoms with Crippen molar-refractivity contribution in [2.24, 2.45) is 13.0 Å². The molecular weight excluding hydrogens is 342 g/mol. The van der Waals surface area contributed by atoms with Crippen molar-refractivity contribution in [3.05, 3.63) is 48.7 Å². The molecule has 1 saturated heterocycles. The molecule has 4 heterocycles. The Bertz CT molecular complexity index is 931. The number of amides is 1. The fourth-order valence-electron chi connectivity index (χ4n) is 3.76. The summed E-state index contributed by atoms with van der Waals surface area (Å²) in [6.07, 6.45) is 12.2. The van der Waals surface area contributed by atoms with Gasteiger partial charge in [-0.05, 0) is 12.3 Å². The average Bonchev–Trinajstić information content (AvgIpc) is 3.20. The van der Waals surface area contributed by atoms with Gasteiger partial charge in [-0.2, -0.15) is 0 Å². The lowest BCUT2D eigenvalue weighted by molar-refractivity contribution is -0.129. The Morgan fingerprint density at radius 2 is 2.00 bits per heavy atom. The van der Waals surface area contributed by atoms with Gasteiger partial charge in [0.2, 0.25) is 5.91 Å². The van der Waals surface area contributed by atoms with Gasteiger partial charge in [0.1, 0.15) is 5.82 Å². The van der Waals surface area contributed by atoms with Crippen molar-refractivity contribution in [3.63, 3.8) is 0 Å². The third-order valence-electron chi connectivity index (χ3n) is 5.24. The monoisotopic (exact) mass is 367 g/mol. The van der Waals surface area contributed by atoms with Gasteiger partial charge in [0.15, 0.2) is 5.65 Å². The molecule has 3 aromatic rings. The molecule has 0 N–H and O–H groups in total. The minimum atomic E-state index is 0.136. The molecule has 1 amide bonds. The van der Waals surface area contributed by atoms with Crippen molar-refractivity contribution in [1.29, 1.82) is 0 Å². The SMILES string of the molecule is CC(=O)N1CCN(Cc2nccn2C)CC(Cc2cn3ccnc3cn2)C1. The Kier molecular flexibility index (Phi) is 4.89. The van der Waals surface area contributed by atoms with Gasteiger partial charge in [0.25, 0.3) is 0 Å². The number of carbonyl (C=O) groups excluding carboxylic acids is 1. The van der Waals surface area contributed by atoms with E-state index >= 15 is 0 Å². The summed E-state index contributed by atoms with van der Waals surface area (Å²) in [7, 11) is 2.02. The molecule has 1 fully saturated rings. The highest BCUT2D eigenvalue weighted by atomic mass is 16.2. The molecule has 0 saturated carbocycles. The second kappa shape index (κ2) is 7.48. The Hall–Kier alpha value is -2.74. The standard InChI is InChI=1S/C19H25N7O/c1-15(27)25-8-7-24(14-19-21-3-5-23(19)2)11-16(12-25)9-17-13-26-6-4-20-18(26)10-22-17/h3-6,10,13,16H,7-9,11-12,14H2,1-2H3. The van der Waals surface area contributed by atoms with E-state index in [1.165, 1.54) is 0 Å². The van der Waals surface area contributed by atoms with Gasteiger partial charge in [0.05, 0.1) is 18.4 Å². The van der Waals surface area contributed by atoms with Crippen LogP contribution < -0.4 is 0 Å². The van der Waals surface area contributed by atoms with E-state index in [1.54, 1.807) is 19.3 Å². The second-order valence-corrected chi connectivity index (χ2v) is 7.30. The average molecular weight is 367 g/mol. The highest BCUT2D eigenvalue weighted by molar-refractivity contribution is 5.73. The smallest absolute Gasteiger partial charge is 0.219 e. The molecule has 0 radical (unpaired) electrons. The van der Waals surface area contributed by atoms with Crippen LogP contribution >= 0.6 is 0 Å². The molecule has 3 aromatic heterocycles. The molecule has 0 aromatic carbocycles. The fourth-order valence-corrected chi connectivity index (χ4v) is 3.76. The summed E-state index contributed by atoms with van der Waals surface area (Å²) in [4.78, 5) is 29.6. The van der Waals surface area contributed by atoms with Gasteiger partial charge in [-0.15, -0.1) is 0 Å². The number of hydrogen-bond donors (Lipinski definition) is 0. The minimum Gasteiger partial charge on any atom is -0.341 e. The predicted molar refractivity (Wildman–Crippen MR) is 101 cm³/mol. The van der Waals surface area contributed by atoms with Crippen LogP contribution in [0.15, 0.2) is 37.2 Å². The lowest BCUT2D eigenvalue weighted by Crippen LogP contribution is -2.34. The van der Waals surface area contributed by atoms with Crippen LogP contribution in [-0.2, 0) is 24.8 Å². The van der Waals surface area contributed by atoms with E-state index in [9.17, 15) is 4.79 Å². The molecule has 1 aliphatic heterocycles. The summed E-state index contributed by atoms with van der Waals surface area (Å²) >= 11 is 0. The van der Waals surface area contributed by atoms with Crippen LogP contribution in [0.5, 0.6) is 0 Å². The van der Waals surface area contributed by atoms with E-state index in [-0.39, 0.29) is 5.91 Å². The van der Waals surface area contributed by atoms with Crippen LogP contribution in [0.1, 0.15) is 18.4 Å². The first-order valence-corrected chi connectivity index (χ1v) is 9.30. The van der Waals surface area contributed by atoms with E-state index in [1.807, 2.05) is 41.1 Å². The molecule has 1 unspecified atom stereocenters. The number of aryl methyl sites for hydroxylation is 1. The van der Waals surface area contributed by atoms with Gasteiger partial charge in [0, 0.05) is 71.1 Å². The molecule has 142 valence electrons. The van der Waals surface area contributed by atoms with Gasteiger partial charge >= 0.3 is 0 Å². The number of carbonyl (C=O) groups is 1. The van der Waals surface area contributed by atoms with E-state index in [2.05, 4.69) is 24.4 Å². The number of imidazole rings is 2. The molecule has 0 bridgehead atoms. The maximum absolute atomic E-state index is 12.0. The summed E-state index contributed by atoms with van der Waals surface area (Å²) < 4.78 is 4.05. The van der Waals surface area contributed by atoms with Crippen LogP contribution in [0, 0.1) is 5.92 Å².